The standard InChI is InChI=1S/C26H27F6N7/c27-25(28,29)18-5-7-19(8-6-18)38-11-1-2-12-39-24(38)35-23(36-39)34-22-16-3-4-17(22)15-37(14-16)20-9-10-33-21(13-20)26(30,31)32/h5-10,13,16-17,22H,1-4,11-12,14-15H2,(H,34,36)/t16-,17+,22+. The van der Waals surface area contributed by atoms with Gasteiger partial charge in [-0.3, -0.25) is 4.98 Å². The maximum Gasteiger partial charge on any atom is 0.433 e. The second kappa shape index (κ2) is 9.60. The van der Waals surface area contributed by atoms with E-state index in [2.05, 4.69) is 15.4 Å². The number of benzene rings is 1. The van der Waals surface area contributed by atoms with Crippen molar-refractivity contribution in [2.45, 2.75) is 50.6 Å². The first kappa shape index (κ1) is 25.8. The third kappa shape index (κ3) is 5.10. The first-order valence-electron chi connectivity index (χ1n) is 13.0. The summed E-state index contributed by atoms with van der Waals surface area (Å²) in [4.78, 5) is 12.1. The van der Waals surface area contributed by atoms with E-state index >= 15 is 0 Å². The molecule has 2 aromatic heterocycles. The number of rotatable bonds is 4. The molecule has 0 amide bonds. The summed E-state index contributed by atoms with van der Waals surface area (Å²) in [5.74, 6) is 1.46. The molecule has 3 atom stereocenters. The number of pyridine rings is 1. The molecule has 0 unspecified atom stereocenters. The van der Waals surface area contributed by atoms with E-state index in [0.29, 0.717) is 49.5 Å². The van der Waals surface area contributed by atoms with E-state index in [0.717, 1.165) is 43.9 Å². The molecule has 1 aliphatic carbocycles. The van der Waals surface area contributed by atoms with Crippen molar-refractivity contribution >= 4 is 23.3 Å². The monoisotopic (exact) mass is 551 g/mol. The van der Waals surface area contributed by atoms with Gasteiger partial charge in [0.25, 0.3) is 0 Å². The van der Waals surface area contributed by atoms with Crippen LogP contribution in [0.25, 0.3) is 0 Å². The number of halogens is 6. The quantitative estimate of drug-likeness (QED) is 0.404. The lowest BCUT2D eigenvalue weighted by molar-refractivity contribution is -0.141. The molecular weight excluding hydrogens is 524 g/mol. The van der Waals surface area contributed by atoms with Crippen LogP contribution in [0.4, 0.5) is 49.6 Å². The summed E-state index contributed by atoms with van der Waals surface area (Å²) in [7, 11) is 0. The summed E-state index contributed by atoms with van der Waals surface area (Å²) in [6.45, 7) is 2.48. The van der Waals surface area contributed by atoms with Gasteiger partial charge in [-0.05, 0) is 73.9 Å². The zero-order valence-corrected chi connectivity index (χ0v) is 20.9. The smallest absolute Gasteiger partial charge is 0.371 e. The zero-order chi connectivity index (χ0) is 27.4. The Morgan fingerprint density at radius 3 is 2.18 bits per heavy atom. The Morgan fingerprint density at radius 1 is 0.821 bits per heavy atom. The molecule has 2 fully saturated rings. The van der Waals surface area contributed by atoms with Gasteiger partial charge in [-0.2, -0.15) is 31.3 Å². The molecule has 3 aliphatic rings. The molecule has 2 aliphatic heterocycles. The molecule has 1 N–H and O–H groups in total. The molecule has 13 heteroatoms. The summed E-state index contributed by atoms with van der Waals surface area (Å²) in [5, 5.41) is 8.17. The molecule has 6 rings (SSSR count). The van der Waals surface area contributed by atoms with Gasteiger partial charge in [0.1, 0.15) is 5.69 Å². The van der Waals surface area contributed by atoms with E-state index in [1.54, 1.807) is 10.7 Å². The molecule has 0 radical (unpaired) electrons. The molecule has 4 heterocycles. The minimum Gasteiger partial charge on any atom is -0.371 e. The fraction of sp³-hybridized carbons (Fsp3) is 0.500. The second-order valence-corrected chi connectivity index (χ2v) is 10.4. The number of anilines is 4. The second-order valence-electron chi connectivity index (χ2n) is 10.4. The van der Waals surface area contributed by atoms with Crippen LogP contribution < -0.4 is 15.1 Å². The van der Waals surface area contributed by atoms with Crippen molar-refractivity contribution in [2.75, 3.05) is 34.8 Å². The SMILES string of the molecule is FC(F)(F)c1ccc(N2CCCCn3nc(N[C@H]4[C@@H]5CC[C@H]4CN(c4ccnc(C(F)(F)F)c4)C5)nc32)cc1. The first-order chi connectivity index (χ1) is 18.6. The molecule has 7 nitrogen and oxygen atoms in total. The van der Waals surface area contributed by atoms with Crippen LogP contribution in [0.2, 0.25) is 0 Å². The van der Waals surface area contributed by atoms with E-state index in [4.69, 9.17) is 4.98 Å². The van der Waals surface area contributed by atoms with Gasteiger partial charge >= 0.3 is 12.4 Å². The summed E-state index contributed by atoms with van der Waals surface area (Å²) in [6, 6.07) is 7.87. The Bertz CT molecular complexity index is 1310. The molecule has 39 heavy (non-hydrogen) atoms. The average Bonchev–Trinajstić information content (AvgIpc) is 3.30. The fourth-order valence-corrected chi connectivity index (χ4v) is 6.04. The van der Waals surface area contributed by atoms with Crippen LogP contribution in [-0.4, -0.2) is 45.4 Å². The lowest BCUT2D eigenvalue weighted by Crippen LogP contribution is -2.48. The molecule has 1 aromatic carbocycles. The summed E-state index contributed by atoms with van der Waals surface area (Å²) in [6.07, 6.45) is -4.09. The highest BCUT2D eigenvalue weighted by molar-refractivity contribution is 5.59. The maximum atomic E-state index is 13.2. The number of nitrogens with one attached hydrogen (secondary N) is 1. The summed E-state index contributed by atoms with van der Waals surface area (Å²) < 4.78 is 80.5. The highest BCUT2D eigenvalue weighted by Crippen LogP contribution is 2.41. The van der Waals surface area contributed by atoms with E-state index in [-0.39, 0.29) is 17.9 Å². The van der Waals surface area contributed by atoms with E-state index in [1.165, 1.54) is 18.3 Å². The zero-order valence-electron chi connectivity index (χ0n) is 20.9. The maximum absolute atomic E-state index is 13.2. The Morgan fingerprint density at radius 2 is 1.51 bits per heavy atom. The highest BCUT2D eigenvalue weighted by atomic mass is 19.4. The minimum atomic E-state index is -4.49. The molecule has 208 valence electrons. The minimum absolute atomic E-state index is 0.0799. The van der Waals surface area contributed by atoms with Crippen LogP contribution in [0.3, 0.4) is 0 Å². The van der Waals surface area contributed by atoms with Crippen LogP contribution in [0, 0.1) is 11.8 Å². The van der Waals surface area contributed by atoms with Gasteiger partial charge in [0.05, 0.1) is 5.56 Å². The molecule has 0 spiro atoms. The topological polar surface area (TPSA) is 62.1 Å². The summed E-state index contributed by atoms with van der Waals surface area (Å²) >= 11 is 0. The van der Waals surface area contributed by atoms with Gasteiger partial charge in [0, 0.05) is 49.8 Å². The van der Waals surface area contributed by atoms with Crippen molar-refractivity contribution in [3.05, 3.63) is 53.9 Å². The van der Waals surface area contributed by atoms with Gasteiger partial charge in [-0.15, -0.1) is 5.10 Å². The predicted molar refractivity (Wildman–Crippen MR) is 133 cm³/mol. The van der Waals surface area contributed by atoms with Gasteiger partial charge < -0.3 is 15.1 Å². The number of aryl methyl sites for hydroxylation is 1. The van der Waals surface area contributed by atoms with E-state index in [1.807, 2.05) is 9.80 Å². The number of aromatic nitrogens is 4. The molecule has 1 saturated carbocycles. The van der Waals surface area contributed by atoms with Crippen LogP contribution in [0.1, 0.15) is 36.9 Å². The van der Waals surface area contributed by atoms with E-state index < -0.39 is 23.6 Å². The Hall–Kier alpha value is -3.51. The normalized spacial score (nSPS) is 23.5. The Kier molecular flexibility index (Phi) is 6.34. The fourth-order valence-electron chi connectivity index (χ4n) is 6.04. The lowest BCUT2D eigenvalue weighted by atomic mass is 9.92. The molecular formula is C26H27F6N7. The van der Waals surface area contributed by atoms with Gasteiger partial charge in [-0.1, -0.05) is 0 Å². The van der Waals surface area contributed by atoms with Gasteiger partial charge in [0.15, 0.2) is 0 Å². The van der Waals surface area contributed by atoms with Gasteiger partial charge in [-0.25, -0.2) is 4.68 Å². The third-order valence-corrected chi connectivity index (χ3v) is 7.93. The molecule has 3 aromatic rings. The average molecular weight is 552 g/mol. The Labute approximate surface area is 220 Å². The van der Waals surface area contributed by atoms with Crippen molar-refractivity contribution in [3.8, 4) is 0 Å². The van der Waals surface area contributed by atoms with Crippen molar-refractivity contribution < 1.29 is 26.3 Å². The van der Waals surface area contributed by atoms with Crippen molar-refractivity contribution in [1.29, 1.82) is 0 Å². The molecule has 2 bridgehead atoms. The predicted octanol–water partition coefficient (Wildman–Crippen LogP) is 5.97. The van der Waals surface area contributed by atoms with Gasteiger partial charge in [0.2, 0.25) is 11.9 Å². The third-order valence-electron chi connectivity index (χ3n) is 7.93. The van der Waals surface area contributed by atoms with Crippen LogP contribution in [0.5, 0.6) is 0 Å². The summed E-state index contributed by atoms with van der Waals surface area (Å²) in [5.41, 5.74) is -0.456. The number of alkyl halides is 6. The number of piperidine rings is 1. The van der Waals surface area contributed by atoms with Crippen LogP contribution >= 0.6 is 0 Å². The number of hydrogen-bond donors (Lipinski definition) is 1. The highest BCUT2D eigenvalue weighted by Gasteiger charge is 2.43. The number of fused-ring (bicyclic) bond motifs is 3. The molecule has 1 saturated heterocycles. The largest absolute Gasteiger partial charge is 0.433 e. The number of nitrogens with zero attached hydrogens (tertiary/aromatic N) is 6. The van der Waals surface area contributed by atoms with Crippen molar-refractivity contribution in [2.24, 2.45) is 11.8 Å². The van der Waals surface area contributed by atoms with Crippen LogP contribution in [-0.2, 0) is 18.9 Å². The van der Waals surface area contributed by atoms with E-state index in [9.17, 15) is 26.3 Å². The van der Waals surface area contributed by atoms with Crippen molar-refractivity contribution in [3.63, 3.8) is 0 Å². The lowest BCUT2D eigenvalue weighted by Gasteiger charge is -2.39. The van der Waals surface area contributed by atoms with Crippen LogP contribution in [0.15, 0.2) is 42.6 Å². The van der Waals surface area contributed by atoms with Crippen molar-refractivity contribution in [1.82, 2.24) is 19.7 Å². The number of hydrogen-bond acceptors (Lipinski definition) is 6. The first-order valence-corrected chi connectivity index (χ1v) is 13.0. The Balaban J connectivity index is 1.19.